The van der Waals surface area contributed by atoms with Crippen molar-refractivity contribution in [3.05, 3.63) is 125 Å². The number of carbonyl (C=O) groups is 1. The summed E-state index contributed by atoms with van der Waals surface area (Å²) >= 11 is 0. The Morgan fingerprint density at radius 3 is 2.11 bits per heavy atom. The van der Waals surface area contributed by atoms with Crippen molar-refractivity contribution in [1.82, 2.24) is 30.4 Å². The molecule has 11 nitrogen and oxygen atoms in total. The summed E-state index contributed by atoms with van der Waals surface area (Å²) in [7, 11) is 0. The minimum Gasteiger partial charge on any atom is -0.478 e. The molecule has 11 heteroatoms. The molecule has 4 fully saturated rings. The Morgan fingerprint density at radius 1 is 0.873 bits per heavy atom. The van der Waals surface area contributed by atoms with Gasteiger partial charge in [-0.2, -0.15) is 5.10 Å². The summed E-state index contributed by atoms with van der Waals surface area (Å²) in [5.74, 6) is 0.460. The van der Waals surface area contributed by atoms with Gasteiger partial charge in [-0.1, -0.05) is 61.5 Å². The van der Waals surface area contributed by atoms with Crippen molar-refractivity contribution in [3.63, 3.8) is 0 Å². The average molecular weight is 738 g/mol. The Kier molecular flexibility index (Phi) is 9.69. The van der Waals surface area contributed by atoms with Gasteiger partial charge in [0.05, 0.1) is 54.1 Å². The summed E-state index contributed by atoms with van der Waals surface area (Å²) in [6.07, 6.45) is 5.90. The first-order valence-corrected chi connectivity index (χ1v) is 19.5. The highest BCUT2D eigenvalue weighted by molar-refractivity contribution is 6.04. The fraction of sp³-hybridized carbons (Fsp3) is 0.341. The van der Waals surface area contributed by atoms with E-state index in [9.17, 15) is 4.79 Å². The lowest BCUT2D eigenvalue weighted by Gasteiger charge is -2.23. The lowest BCUT2D eigenvalue weighted by atomic mass is 10.0. The first-order chi connectivity index (χ1) is 26.9. The number of rotatable bonds is 9. The fourth-order valence-corrected chi connectivity index (χ4v) is 8.53. The number of aryl methyl sites for hydroxylation is 1. The number of amides is 1. The van der Waals surface area contributed by atoms with Crippen LogP contribution in [0.4, 0.5) is 5.69 Å². The molecule has 0 radical (unpaired) electrons. The number of benzene rings is 3. The summed E-state index contributed by atoms with van der Waals surface area (Å²) in [4.78, 5) is 16.9. The van der Waals surface area contributed by atoms with Gasteiger partial charge in [0.2, 0.25) is 5.88 Å². The zero-order chi connectivity index (χ0) is 37.5. The van der Waals surface area contributed by atoms with E-state index >= 15 is 0 Å². The van der Waals surface area contributed by atoms with Gasteiger partial charge in [0.15, 0.2) is 5.69 Å². The molecule has 3 aromatic carbocycles. The van der Waals surface area contributed by atoms with Crippen LogP contribution in [0.25, 0.3) is 27.8 Å². The Morgan fingerprint density at radius 2 is 1.55 bits per heavy atom. The molecule has 4 aliphatic heterocycles. The number of fused-ring (bicyclic) bond motifs is 5. The highest BCUT2D eigenvalue weighted by Gasteiger charge is 2.42. The molecule has 7 heterocycles. The lowest BCUT2D eigenvalue weighted by molar-refractivity contribution is 0.0159. The number of para-hydroxylation sites is 1. The Hall–Kier alpha value is -5.33. The second-order valence-electron chi connectivity index (χ2n) is 14.8. The highest BCUT2D eigenvalue weighted by atomic mass is 16.5. The van der Waals surface area contributed by atoms with Crippen LogP contribution in [0.2, 0.25) is 0 Å². The second-order valence-corrected chi connectivity index (χ2v) is 14.8. The number of pyridine rings is 1. The van der Waals surface area contributed by atoms with Crippen LogP contribution in [0.1, 0.15) is 71.8 Å². The van der Waals surface area contributed by atoms with Gasteiger partial charge < -0.3 is 34.7 Å². The van der Waals surface area contributed by atoms with Crippen LogP contribution in [-0.2, 0) is 15.9 Å². The molecular weight excluding hydrogens is 691 g/mol. The number of aromatic amines is 1. The van der Waals surface area contributed by atoms with E-state index in [1.807, 2.05) is 57.3 Å². The van der Waals surface area contributed by atoms with Gasteiger partial charge in [-0.25, -0.2) is 4.98 Å². The van der Waals surface area contributed by atoms with Crippen LogP contribution in [0.5, 0.6) is 5.88 Å². The van der Waals surface area contributed by atoms with Crippen LogP contribution in [-0.4, -0.2) is 69.6 Å². The molecule has 282 valence electrons. The first-order valence-electron chi connectivity index (χ1n) is 19.5. The van der Waals surface area contributed by atoms with Gasteiger partial charge >= 0.3 is 0 Å². The molecule has 6 atom stereocenters. The van der Waals surface area contributed by atoms with E-state index in [4.69, 9.17) is 14.2 Å². The van der Waals surface area contributed by atoms with Crippen LogP contribution >= 0.6 is 0 Å². The SMILES string of the molecule is CCOc1ccc(-n2c(-c3ccc([C@H]4O[C@@H]5CN[C@H]4C5)cc3)cc3ccccc32)cn1.CCc1[nH]nc(C(=O)Nc2ccc([C@@H]3O[C@H]4CN[C@@H]3C4)cc2)c1C. The molecule has 4 N–H and O–H groups in total. The number of anilines is 1. The van der Waals surface area contributed by atoms with Crippen LogP contribution in [0.15, 0.2) is 97.2 Å². The molecule has 0 spiro atoms. The Bertz CT molecular complexity index is 2280. The van der Waals surface area contributed by atoms with Crippen molar-refractivity contribution in [2.75, 3.05) is 25.0 Å². The van der Waals surface area contributed by atoms with Crippen molar-refractivity contribution < 1.29 is 19.0 Å². The number of morpholine rings is 2. The van der Waals surface area contributed by atoms with E-state index in [0.717, 1.165) is 71.8 Å². The molecule has 0 unspecified atom stereocenters. The minimum atomic E-state index is -0.186. The van der Waals surface area contributed by atoms with Crippen LogP contribution < -0.4 is 20.7 Å². The van der Waals surface area contributed by atoms with Gasteiger partial charge in [0.1, 0.15) is 0 Å². The number of hydrogen-bond donors (Lipinski definition) is 4. The van der Waals surface area contributed by atoms with Gasteiger partial charge in [-0.3, -0.25) is 9.89 Å². The molecule has 0 saturated carbocycles. The Labute approximate surface area is 320 Å². The van der Waals surface area contributed by atoms with E-state index in [1.54, 1.807) is 0 Å². The summed E-state index contributed by atoms with van der Waals surface area (Å²) in [6, 6.07) is 32.3. The second kappa shape index (κ2) is 15.1. The maximum atomic E-state index is 12.4. The van der Waals surface area contributed by atoms with Crippen LogP contribution in [0.3, 0.4) is 0 Å². The van der Waals surface area contributed by atoms with Gasteiger partial charge in [0.25, 0.3) is 5.91 Å². The predicted octanol–water partition coefficient (Wildman–Crippen LogP) is 7.23. The number of ether oxygens (including phenoxy) is 3. The molecule has 1 amide bonds. The van der Waals surface area contributed by atoms with Crippen molar-refractivity contribution in [2.45, 2.75) is 76.5 Å². The van der Waals surface area contributed by atoms with E-state index in [2.05, 4.69) is 96.4 Å². The van der Waals surface area contributed by atoms with Gasteiger partial charge in [0, 0.05) is 53.6 Å². The van der Waals surface area contributed by atoms with E-state index in [0.29, 0.717) is 42.5 Å². The monoisotopic (exact) mass is 737 g/mol. The number of H-pyrrole nitrogens is 1. The summed E-state index contributed by atoms with van der Waals surface area (Å²) < 4.78 is 20.0. The normalized spacial score (nSPS) is 23.5. The van der Waals surface area contributed by atoms with Crippen molar-refractivity contribution >= 4 is 22.5 Å². The third-order valence-corrected chi connectivity index (χ3v) is 11.4. The smallest absolute Gasteiger partial charge is 0.276 e. The average Bonchev–Trinajstić information content (AvgIpc) is 4.10. The summed E-state index contributed by atoms with van der Waals surface area (Å²) in [5, 5.41) is 18.2. The van der Waals surface area contributed by atoms with Crippen LogP contribution in [0, 0.1) is 6.92 Å². The quantitative estimate of drug-likeness (QED) is 0.123. The number of carbonyl (C=O) groups excluding carboxylic acids is 1. The molecule has 3 aromatic heterocycles. The number of nitrogens with one attached hydrogen (secondary N) is 4. The van der Waals surface area contributed by atoms with Crippen molar-refractivity contribution in [3.8, 4) is 22.8 Å². The molecule has 4 aliphatic rings. The zero-order valence-electron chi connectivity index (χ0n) is 31.4. The fourth-order valence-electron chi connectivity index (χ4n) is 8.53. The number of nitrogens with zero attached hydrogens (tertiary/aromatic N) is 3. The summed E-state index contributed by atoms with van der Waals surface area (Å²) in [6.45, 7) is 8.47. The topological polar surface area (TPSA) is 127 Å². The molecule has 4 bridgehead atoms. The largest absolute Gasteiger partial charge is 0.478 e. The van der Waals surface area contributed by atoms with Gasteiger partial charge in [-0.15, -0.1) is 0 Å². The van der Waals surface area contributed by atoms with E-state index < -0.39 is 0 Å². The third-order valence-electron chi connectivity index (χ3n) is 11.4. The maximum absolute atomic E-state index is 12.4. The molecule has 4 saturated heterocycles. The zero-order valence-corrected chi connectivity index (χ0v) is 31.4. The highest BCUT2D eigenvalue weighted by Crippen LogP contribution is 2.39. The minimum absolute atomic E-state index is 0.120. The van der Waals surface area contributed by atoms with Crippen molar-refractivity contribution in [1.29, 1.82) is 0 Å². The standard InChI is InChI=1S/C26H25N3O2.C18H22N4O2/c1-2-30-25-12-11-20(15-28-25)29-23-6-4-3-5-19(23)13-24(29)17-7-9-18(10-8-17)26-22-14-21(31-26)16-27-22;1-3-14-10(2)16(22-21-14)18(23)20-12-6-4-11(5-7-12)17-15-8-13(24-17)9-19-15/h3-13,15,21-22,26-27H,2,14,16H2,1H3;4-7,13,15,17,19H,3,8-9H2,1-2H3,(H,20,23)(H,21,22)/t21-,22-,26+;13-,15-,17+/m01/s1. The molecule has 55 heavy (non-hydrogen) atoms. The maximum Gasteiger partial charge on any atom is 0.276 e. The molecule has 10 rings (SSSR count). The number of aromatic nitrogens is 4. The van der Waals surface area contributed by atoms with Gasteiger partial charge in [-0.05, 0) is 80.1 Å². The predicted molar refractivity (Wildman–Crippen MR) is 213 cm³/mol. The van der Waals surface area contributed by atoms with E-state index in [-0.39, 0.29) is 18.1 Å². The third kappa shape index (κ3) is 6.93. The van der Waals surface area contributed by atoms with Crippen molar-refractivity contribution in [2.24, 2.45) is 0 Å². The first kappa shape index (κ1) is 35.4. The van der Waals surface area contributed by atoms with E-state index in [1.165, 1.54) is 16.5 Å². The Balaban J connectivity index is 0.000000149. The molecule has 0 aliphatic carbocycles. The molecule has 6 aromatic rings. The number of hydrogen-bond acceptors (Lipinski definition) is 8. The molecular formula is C44H47N7O4. The lowest BCUT2D eigenvalue weighted by Crippen LogP contribution is -2.33. The summed E-state index contributed by atoms with van der Waals surface area (Å²) in [5.41, 5.74) is 10.0.